The minimum Gasteiger partial charge on any atom is -0.389 e. The van der Waals surface area contributed by atoms with Crippen molar-refractivity contribution < 1.29 is 9.50 Å². The van der Waals surface area contributed by atoms with Crippen LogP contribution < -0.4 is 5.32 Å². The third-order valence-corrected chi connectivity index (χ3v) is 4.63. The molecule has 0 bridgehead atoms. The van der Waals surface area contributed by atoms with Gasteiger partial charge < -0.3 is 10.4 Å². The largest absolute Gasteiger partial charge is 0.389 e. The van der Waals surface area contributed by atoms with E-state index in [0.29, 0.717) is 6.42 Å². The second kappa shape index (κ2) is 5.68. The van der Waals surface area contributed by atoms with Crippen molar-refractivity contribution in [2.75, 3.05) is 13.1 Å². The van der Waals surface area contributed by atoms with Gasteiger partial charge in [-0.1, -0.05) is 28.9 Å². The van der Waals surface area contributed by atoms with Crippen LogP contribution in [0.2, 0.25) is 0 Å². The highest BCUT2D eigenvalue weighted by Gasteiger charge is 2.38. The molecule has 100 valence electrons. The van der Waals surface area contributed by atoms with E-state index in [2.05, 4.69) is 28.2 Å². The molecule has 1 aromatic carbocycles. The van der Waals surface area contributed by atoms with E-state index in [1.165, 1.54) is 12.1 Å². The van der Waals surface area contributed by atoms with Gasteiger partial charge in [-0.05, 0) is 37.1 Å². The van der Waals surface area contributed by atoms with Crippen LogP contribution in [-0.2, 0) is 6.42 Å². The zero-order chi connectivity index (χ0) is 13.2. The summed E-state index contributed by atoms with van der Waals surface area (Å²) in [5.41, 5.74) is 0.291. The van der Waals surface area contributed by atoms with Crippen molar-refractivity contribution in [2.24, 2.45) is 5.92 Å². The second-order valence-corrected chi connectivity index (χ2v) is 5.93. The Labute approximate surface area is 116 Å². The molecule has 1 heterocycles. The molecule has 1 fully saturated rings. The lowest BCUT2D eigenvalue weighted by atomic mass is 9.76. The molecule has 2 nitrogen and oxygen atoms in total. The van der Waals surface area contributed by atoms with Gasteiger partial charge in [0.1, 0.15) is 5.82 Å². The number of hydrogen-bond donors (Lipinski definition) is 2. The Morgan fingerprint density at radius 3 is 3.00 bits per heavy atom. The Bertz CT molecular complexity index is 426. The molecule has 2 atom stereocenters. The fourth-order valence-electron chi connectivity index (χ4n) is 2.73. The van der Waals surface area contributed by atoms with Crippen molar-refractivity contribution in [2.45, 2.75) is 31.8 Å². The number of benzene rings is 1. The fraction of sp³-hybridized carbons (Fsp3) is 0.571. The van der Waals surface area contributed by atoms with Gasteiger partial charge >= 0.3 is 0 Å². The molecule has 0 aliphatic carbocycles. The molecule has 0 saturated carbocycles. The third-order valence-electron chi connectivity index (χ3n) is 3.89. The molecule has 0 radical (unpaired) electrons. The molecule has 1 aromatic rings. The summed E-state index contributed by atoms with van der Waals surface area (Å²) in [6.07, 6.45) is 2.27. The van der Waals surface area contributed by atoms with E-state index < -0.39 is 5.60 Å². The lowest BCUT2D eigenvalue weighted by Crippen LogP contribution is -2.51. The molecule has 0 spiro atoms. The average Bonchev–Trinajstić information content (AvgIpc) is 2.33. The predicted molar refractivity (Wildman–Crippen MR) is 74.0 cm³/mol. The van der Waals surface area contributed by atoms with Gasteiger partial charge in [0.25, 0.3) is 0 Å². The van der Waals surface area contributed by atoms with Gasteiger partial charge in [0, 0.05) is 23.4 Å². The summed E-state index contributed by atoms with van der Waals surface area (Å²) in [6, 6.07) is 4.67. The van der Waals surface area contributed by atoms with E-state index in [4.69, 9.17) is 0 Å². The average molecular weight is 316 g/mol. The van der Waals surface area contributed by atoms with Gasteiger partial charge in [-0.3, -0.25) is 0 Å². The van der Waals surface area contributed by atoms with Crippen LogP contribution in [0.25, 0.3) is 0 Å². The maximum atomic E-state index is 13.1. The highest BCUT2D eigenvalue weighted by molar-refractivity contribution is 9.10. The Balaban J connectivity index is 2.20. The minimum absolute atomic E-state index is 0.253. The summed E-state index contributed by atoms with van der Waals surface area (Å²) >= 11 is 3.37. The standard InChI is InChI=1S/C14H19BrFNO/c1-2-11-9-17-6-5-14(11,18)8-10-3-4-12(16)7-13(10)15/h3-4,7,11,17-18H,2,5-6,8-9H2,1H3. The normalized spacial score (nSPS) is 28.3. The summed E-state index contributed by atoms with van der Waals surface area (Å²) in [6.45, 7) is 3.79. The number of aliphatic hydroxyl groups is 1. The van der Waals surface area contributed by atoms with Crippen molar-refractivity contribution in [3.8, 4) is 0 Å². The van der Waals surface area contributed by atoms with E-state index in [1.807, 2.05) is 0 Å². The van der Waals surface area contributed by atoms with Gasteiger partial charge in [0.2, 0.25) is 0 Å². The molecule has 1 saturated heterocycles. The Morgan fingerprint density at radius 2 is 2.33 bits per heavy atom. The van der Waals surface area contributed by atoms with Crippen LogP contribution in [0.15, 0.2) is 22.7 Å². The smallest absolute Gasteiger partial charge is 0.124 e. The summed E-state index contributed by atoms with van der Waals surface area (Å²) in [5.74, 6) is -0.00169. The number of piperidine rings is 1. The topological polar surface area (TPSA) is 32.3 Å². The van der Waals surface area contributed by atoms with E-state index in [-0.39, 0.29) is 11.7 Å². The van der Waals surface area contributed by atoms with Crippen molar-refractivity contribution in [3.05, 3.63) is 34.1 Å². The van der Waals surface area contributed by atoms with Crippen molar-refractivity contribution >= 4 is 15.9 Å². The molecular formula is C14H19BrFNO. The Hall–Kier alpha value is -0.450. The molecule has 1 aliphatic rings. The van der Waals surface area contributed by atoms with Gasteiger partial charge in [-0.2, -0.15) is 0 Å². The van der Waals surface area contributed by atoms with Gasteiger partial charge in [0.15, 0.2) is 0 Å². The monoisotopic (exact) mass is 315 g/mol. The summed E-state index contributed by atoms with van der Waals surface area (Å²) in [5, 5.41) is 14.1. The number of rotatable bonds is 3. The van der Waals surface area contributed by atoms with E-state index >= 15 is 0 Å². The first-order valence-electron chi connectivity index (χ1n) is 6.42. The number of nitrogens with one attached hydrogen (secondary N) is 1. The zero-order valence-electron chi connectivity index (χ0n) is 10.5. The minimum atomic E-state index is -0.680. The SMILES string of the molecule is CCC1CNCCC1(O)Cc1ccc(F)cc1Br. The molecule has 2 unspecified atom stereocenters. The summed E-state index contributed by atoms with van der Waals surface area (Å²) in [7, 11) is 0. The molecule has 2 rings (SSSR count). The van der Waals surface area contributed by atoms with Crippen LogP contribution in [0.5, 0.6) is 0 Å². The van der Waals surface area contributed by atoms with Crippen LogP contribution in [0, 0.1) is 11.7 Å². The molecule has 0 aromatic heterocycles. The van der Waals surface area contributed by atoms with Crippen molar-refractivity contribution in [1.82, 2.24) is 5.32 Å². The van der Waals surface area contributed by atoms with Gasteiger partial charge in [-0.15, -0.1) is 0 Å². The molecular weight excluding hydrogens is 297 g/mol. The molecule has 2 N–H and O–H groups in total. The molecule has 0 amide bonds. The number of halogens is 2. The lowest BCUT2D eigenvalue weighted by molar-refractivity contribution is -0.0415. The van der Waals surface area contributed by atoms with Crippen LogP contribution in [-0.4, -0.2) is 23.8 Å². The Morgan fingerprint density at radius 1 is 1.56 bits per heavy atom. The Kier molecular flexibility index (Phi) is 4.41. The molecule has 4 heteroatoms. The van der Waals surface area contributed by atoms with Crippen LogP contribution in [0.4, 0.5) is 4.39 Å². The maximum absolute atomic E-state index is 13.1. The van der Waals surface area contributed by atoms with Gasteiger partial charge in [0.05, 0.1) is 5.60 Å². The zero-order valence-corrected chi connectivity index (χ0v) is 12.1. The first-order valence-corrected chi connectivity index (χ1v) is 7.21. The third kappa shape index (κ3) is 2.92. The highest BCUT2D eigenvalue weighted by atomic mass is 79.9. The second-order valence-electron chi connectivity index (χ2n) is 5.08. The van der Waals surface area contributed by atoms with Crippen LogP contribution in [0.1, 0.15) is 25.3 Å². The predicted octanol–water partition coefficient (Wildman–Crippen LogP) is 2.88. The number of hydrogen-bond acceptors (Lipinski definition) is 2. The van der Waals surface area contributed by atoms with E-state index in [1.54, 1.807) is 6.07 Å². The fourth-order valence-corrected chi connectivity index (χ4v) is 3.22. The van der Waals surface area contributed by atoms with E-state index in [9.17, 15) is 9.50 Å². The quantitative estimate of drug-likeness (QED) is 0.899. The molecule has 1 aliphatic heterocycles. The van der Waals surface area contributed by atoms with Crippen LogP contribution >= 0.6 is 15.9 Å². The van der Waals surface area contributed by atoms with Crippen molar-refractivity contribution in [3.63, 3.8) is 0 Å². The summed E-state index contributed by atoms with van der Waals surface area (Å²) in [4.78, 5) is 0. The first kappa shape index (κ1) is 14.0. The van der Waals surface area contributed by atoms with Crippen LogP contribution in [0.3, 0.4) is 0 Å². The first-order chi connectivity index (χ1) is 8.55. The van der Waals surface area contributed by atoms with Crippen molar-refractivity contribution in [1.29, 1.82) is 0 Å². The maximum Gasteiger partial charge on any atom is 0.124 e. The summed E-state index contributed by atoms with van der Waals surface area (Å²) < 4.78 is 13.8. The lowest BCUT2D eigenvalue weighted by Gasteiger charge is -2.40. The highest BCUT2D eigenvalue weighted by Crippen LogP contribution is 2.33. The van der Waals surface area contributed by atoms with Gasteiger partial charge in [-0.25, -0.2) is 4.39 Å². The molecule has 18 heavy (non-hydrogen) atoms. The van der Waals surface area contributed by atoms with E-state index in [0.717, 1.165) is 36.0 Å².